The zero-order valence-electron chi connectivity index (χ0n) is 13.7. The average Bonchev–Trinajstić information content (AvgIpc) is 3.07. The Morgan fingerprint density at radius 2 is 2.04 bits per heavy atom. The molecule has 1 saturated carbocycles. The van der Waals surface area contributed by atoms with Gasteiger partial charge >= 0.3 is 0 Å². The normalized spacial score (nSPS) is 23.6. The number of carbonyl (C=O) groups excluding carboxylic acids is 1. The summed E-state index contributed by atoms with van der Waals surface area (Å²) in [6, 6.07) is 6.77. The van der Waals surface area contributed by atoms with Crippen LogP contribution in [0.5, 0.6) is 0 Å². The Hall–Kier alpha value is -1.42. The maximum Gasteiger partial charge on any atom is 0.230 e. The van der Waals surface area contributed by atoms with E-state index in [-0.39, 0.29) is 11.7 Å². The van der Waals surface area contributed by atoms with Gasteiger partial charge in [-0.2, -0.15) is 0 Å². The predicted molar refractivity (Wildman–Crippen MR) is 89.8 cm³/mol. The summed E-state index contributed by atoms with van der Waals surface area (Å²) in [4.78, 5) is 12.9. The fourth-order valence-electron chi connectivity index (χ4n) is 4.18. The lowest BCUT2D eigenvalue weighted by molar-refractivity contribution is -0.126. The van der Waals surface area contributed by atoms with Crippen LogP contribution in [-0.2, 0) is 10.2 Å². The van der Waals surface area contributed by atoms with Gasteiger partial charge in [0.1, 0.15) is 5.82 Å². The molecule has 23 heavy (non-hydrogen) atoms. The van der Waals surface area contributed by atoms with E-state index in [4.69, 9.17) is 0 Å². The van der Waals surface area contributed by atoms with Gasteiger partial charge in [-0.05, 0) is 57.2 Å². The molecule has 2 fully saturated rings. The van der Waals surface area contributed by atoms with Gasteiger partial charge < -0.3 is 10.6 Å². The van der Waals surface area contributed by atoms with Crippen molar-refractivity contribution in [2.75, 3.05) is 19.6 Å². The van der Waals surface area contributed by atoms with E-state index in [0.717, 1.165) is 45.2 Å². The van der Waals surface area contributed by atoms with E-state index in [2.05, 4.69) is 10.6 Å². The molecule has 1 aliphatic heterocycles. The maximum absolute atomic E-state index is 14.3. The third kappa shape index (κ3) is 3.57. The van der Waals surface area contributed by atoms with Crippen molar-refractivity contribution < 1.29 is 9.18 Å². The third-order valence-corrected chi connectivity index (χ3v) is 5.52. The van der Waals surface area contributed by atoms with Gasteiger partial charge in [0.05, 0.1) is 5.41 Å². The van der Waals surface area contributed by atoms with E-state index < -0.39 is 5.41 Å². The van der Waals surface area contributed by atoms with Crippen molar-refractivity contribution in [2.45, 2.75) is 50.4 Å². The molecule has 126 valence electrons. The Morgan fingerprint density at radius 1 is 1.26 bits per heavy atom. The quantitative estimate of drug-likeness (QED) is 0.876. The Kier molecular flexibility index (Phi) is 5.31. The highest BCUT2D eigenvalue weighted by atomic mass is 19.1. The third-order valence-electron chi connectivity index (χ3n) is 5.52. The topological polar surface area (TPSA) is 41.1 Å². The number of halogens is 1. The minimum Gasteiger partial charge on any atom is -0.355 e. The van der Waals surface area contributed by atoms with Crippen molar-refractivity contribution in [1.29, 1.82) is 0 Å². The largest absolute Gasteiger partial charge is 0.355 e. The van der Waals surface area contributed by atoms with Crippen molar-refractivity contribution in [3.05, 3.63) is 35.6 Å². The van der Waals surface area contributed by atoms with Crippen molar-refractivity contribution in [2.24, 2.45) is 5.92 Å². The van der Waals surface area contributed by atoms with Crippen molar-refractivity contribution >= 4 is 5.91 Å². The first kappa shape index (κ1) is 16.4. The zero-order valence-corrected chi connectivity index (χ0v) is 13.7. The fraction of sp³-hybridized carbons (Fsp3) is 0.632. The number of carbonyl (C=O) groups is 1. The molecule has 1 aliphatic carbocycles. The van der Waals surface area contributed by atoms with Gasteiger partial charge in [-0.1, -0.05) is 31.0 Å². The van der Waals surface area contributed by atoms with E-state index in [1.54, 1.807) is 12.1 Å². The molecule has 0 spiro atoms. The fourth-order valence-corrected chi connectivity index (χ4v) is 4.18. The molecular weight excluding hydrogens is 291 g/mol. The van der Waals surface area contributed by atoms with Gasteiger partial charge in [0.2, 0.25) is 5.91 Å². The van der Waals surface area contributed by atoms with E-state index in [9.17, 15) is 9.18 Å². The molecule has 0 bridgehead atoms. The van der Waals surface area contributed by atoms with Crippen molar-refractivity contribution in [3.8, 4) is 0 Å². The highest BCUT2D eigenvalue weighted by Gasteiger charge is 2.44. The highest BCUT2D eigenvalue weighted by Crippen LogP contribution is 2.42. The van der Waals surface area contributed by atoms with Crippen LogP contribution in [0.4, 0.5) is 4.39 Å². The summed E-state index contributed by atoms with van der Waals surface area (Å²) in [7, 11) is 0. The molecule has 1 amide bonds. The molecule has 1 aromatic carbocycles. The van der Waals surface area contributed by atoms with Crippen molar-refractivity contribution in [1.82, 2.24) is 10.6 Å². The second-order valence-electron chi connectivity index (χ2n) is 7.03. The summed E-state index contributed by atoms with van der Waals surface area (Å²) in [6.45, 7) is 2.86. The first-order valence-electron chi connectivity index (χ1n) is 8.96. The monoisotopic (exact) mass is 318 g/mol. The Balaban J connectivity index is 1.64. The van der Waals surface area contributed by atoms with Gasteiger partial charge in [-0.3, -0.25) is 4.79 Å². The molecule has 1 unspecified atom stereocenters. The van der Waals surface area contributed by atoms with Crippen molar-refractivity contribution in [3.63, 3.8) is 0 Å². The van der Waals surface area contributed by atoms with Crippen LogP contribution < -0.4 is 10.6 Å². The number of rotatable bonds is 5. The van der Waals surface area contributed by atoms with Crippen LogP contribution >= 0.6 is 0 Å². The Labute approximate surface area is 138 Å². The van der Waals surface area contributed by atoms with Crippen LogP contribution in [0.15, 0.2) is 24.3 Å². The summed E-state index contributed by atoms with van der Waals surface area (Å²) in [6.07, 6.45) is 6.96. The molecule has 1 aromatic rings. The van der Waals surface area contributed by atoms with Crippen LogP contribution in [-0.4, -0.2) is 25.5 Å². The summed E-state index contributed by atoms with van der Waals surface area (Å²) < 4.78 is 14.3. The molecule has 1 atom stereocenters. The molecule has 2 aliphatic rings. The summed E-state index contributed by atoms with van der Waals surface area (Å²) in [5.74, 6) is 0.418. The van der Waals surface area contributed by atoms with Gasteiger partial charge in [-0.25, -0.2) is 4.39 Å². The van der Waals surface area contributed by atoms with Gasteiger partial charge in [0, 0.05) is 12.1 Å². The second-order valence-corrected chi connectivity index (χ2v) is 7.03. The van der Waals surface area contributed by atoms with E-state index in [1.165, 1.54) is 18.9 Å². The SMILES string of the molecule is O=C(NCCC1CCCNC1)C1(c2ccccc2F)CCCC1. The maximum atomic E-state index is 14.3. The van der Waals surface area contributed by atoms with E-state index in [0.29, 0.717) is 18.0 Å². The number of hydrogen-bond donors (Lipinski definition) is 2. The summed E-state index contributed by atoms with van der Waals surface area (Å²) in [5.41, 5.74) is -0.0785. The Morgan fingerprint density at radius 3 is 2.74 bits per heavy atom. The average molecular weight is 318 g/mol. The molecule has 3 rings (SSSR count). The first-order valence-corrected chi connectivity index (χ1v) is 8.96. The van der Waals surface area contributed by atoms with Gasteiger partial charge in [0.25, 0.3) is 0 Å². The molecule has 1 heterocycles. The standard InChI is InChI=1S/C19H27FN2O/c20-17-8-2-1-7-16(17)19(10-3-4-11-19)18(23)22-13-9-15-6-5-12-21-14-15/h1-2,7-8,15,21H,3-6,9-14H2,(H,22,23). The lowest BCUT2D eigenvalue weighted by Crippen LogP contribution is -2.44. The molecule has 0 aromatic heterocycles. The van der Waals surface area contributed by atoms with Crippen LogP contribution in [0.3, 0.4) is 0 Å². The summed E-state index contributed by atoms with van der Waals surface area (Å²) >= 11 is 0. The van der Waals surface area contributed by atoms with Crippen LogP contribution in [0.1, 0.15) is 50.5 Å². The number of nitrogens with one attached hydrogen (secondary N) is 2. The zero-order chi connectivity index (χ0) is 16.1. The molecular formula is C19H27FN2O. The number of hydrogen-bond acceptors (Lipinski definition) is 2. The lowest BCUT2D eigenvalue weighted by Gasteiger charge is -2.29. The van der Waals surface area contributed by atoms with E-state index >= 15 is 0 Å². The van der Waals surface area contributed by atoms with Gasteiger partial charge in [0.15, 0.2) is 0 Å². The minimum atomic E-state index is -0.657. The number of piperidine rings is 1. The van der Waals surface area contributed by atoms with E-state index in [1.807, 2.05) is 6.07 Å². The molecule has 1 saturated heterocycles. The smallest absolute Gasteiger partial charge is 0.230 e. The van der Waals surface area contributed by atoms with Crippen LogP contribution in [0.2, 0.25) is 0 Å². The van der Waals surface area contributed by atoms with Crippen LogP contribution in [0.25, 0.3) is 0 Å². The first-order chi connectivity index (χ1) is 11.2. The predicted octanol–water partition coefficient (Wildman–Crippen LogP) is 3.14. The molecule has 3 nitrogen and oxygen atoms in total. The van der Waals surface area contributed by atoms with Crippen LogP contribution in [0, 0.1) is 11.7 Å². The molecule has 2 N–H and O–H groups in total. The minimum absolute atomic E-state index is 0.0175. The summed E-state index contributed by atoms with van der Waals surface area (Å²) in [5, 5.41) is 6.51. The number of amides is 1. The highest BCUT2D eigenvalue weighted by molar-refractivity contribution is 5.88. The second kappa shape index (κ2) is 7.43. The lowest BCUT2D eigenvalue weighted by atomic mass is 9.77. The Bertz CT molecular complexity index is 534. The van der Waals surface area contributed by atoms with Gasteiger partial charge in [-0.15, -0.1) is 0 Å². The molecule has 4 heteroatoms. The molecule has 0 radical (unpaired) electrons. The number of benzene rings is 1.